The Kier molecular flexibility index (Phi) is 3.06. The summed E-state index contributed by atoms with van der Waals surface area (Å²) in [6.45, 7) is 1.51. The first-order valence-corrected chi connectivity index (χ1v) is 5.55. The van der Waals surface area contributed by atoms with Crippen LogP contribution in [0.2, 0.25) is 0 Å². The molecule has 1 aromatic rings. The lowest BCUT2D eigenvalue weighted by Crippen LogP contribution is -2.19. The second-order valence-electron chi connectivity index (χ2n) is 2.91. The van der Waals surface area contributed by atoms with Gasteiger partial charge in [-0.05, 0) is 25.6 Å². The van der Waals surface area contributed by atoms with Crippen molar-refractivity contribution in [3.8, 4) is 0 Å². The van der Waals surface area contributed by atoms with E-state index in [1.807, 2.05) is 0 Å². The Morgan fingerprint density at radius 2 is 2.00 bits per heavy atom. The number of nitro groups is 1. The molecule has 0 aromatic heterocycles. The minimum Gasteiger partial charge on any atom is -0.258 e. The maximum atomic E-state index is 11.4. The van der Waals surface area contributed by atoms with Crippen LogP contribution in [-0.4, -0.2) is 20.4 Å². The molecule has 7 heteroatoms. The van der Waals surface area contributed by atoms with Crippen molar-refractivity contribution < 1.29 is 13.3 Å². The zero-order chi connectivity index (χ0) is 11.6. The molecule has 82 valence electrons. The Labute approximate surface area is 87.1 Å². The maximum absolute atomic E-state index is 11.4. The Balaban J connectivity index is 3.32. The second-order valence-corrected chi connectivity index (χ2v) is 4.77. The van der Waals surface area contributed by atoms with Crippen molar-refractivity contribution >= 4 is 15.7 Å². The molecule has 15 heavy (non-hydrogen) atoms. The summed E-state index contributed by atoms with van der Waals surface area (Å²) in [6.07, 6.45) is 0. The van der Waals surface area contributed by atoms with Crippen LogP contribution in [-0.2, 0) is 10.0 Å². The zero-order valence-electron chi connectivity index (χ0n) is 8.22. The molecule has 0 aliphatic rings. The summed E-state index contributed by atoms with van der Waals surface area (Å²) >= 11 is 0. The molecular formula is C8H10N2O4S. The Morgan fingerprint density at radius 1 is 1.40 bits per heavy atom. The summed E-state index contributed by atoms with van der Waals surface area (Å²) in [5, 5.41) is 10.4. The van der Waals surface area contributed by atoms with Crippen molar-refractivity contribution in [1.82, 2.24) is 4.72 Å². The molecule has 0 bridgehead atoms. The van der Waals surface area contributed by atoms with Gasteiger partial charge in [-0.2, -0.15) is 0 Å². The van der Waals surface area contributed by atoms with E-state index >= 15 is 0 Å². The predicted octanol–water partition coefficient (Wildman–Crippen LogP) is 0.811. The Hall–Kier alpha value is -1.47. The number of sulfonamides is 1. The highest BCUT2D eigenvalue weighted by Gasteiger charge is 2.17. The van der Waals surface area contributed by atoms with Crippen molar-refractivity contribution in [2.75, 3.05) is 7.05 Å². The normalized spacial score (nSPS) is 11.3. The molecule has 1 N–H and O–H groups in total. The predicted molar refractivity (Wildman–Crippen MR) is 54.1 cm³/mol. The van der Waals surface area contributed by atoms with Crippen LogP contribution in [0.4, 0.5) is 5.69 Å². The van der Waals surface area contributed by atoms with Crippen LogP contribution in [0.1, 0.15) is 5.56 Å². The van der Waals surface area contributed by atoms with Crippen LogP contribution in [0.3, 0.4) is 0 Å². The fourth-order valence-electron chi connectivity index (χ4n) is 1.16. The van der Waals surface area contributed by atoms with Gasteiger partial charge in [0.15, 0.2) is 0 Å². The fourth-order valence-corrected chi connectivity index (χ4v) is 2.11. The van der Waals surface area contributed by atoms with E-state index in [0.29, 0.717) is 5.56 Å². The molecule has 1 rings (SSSR count). The van der Waals surface area contributed by atoms with E-state index in [4.69, 9.17) is 0 Å². The summed E-state index contributed by atoms with van der Waals surface area (Å²) in [5.41, 5.74) is 0.223. The zero-order valence-corrected chi connectivity index (χ0v) is 9.04. The van der Waals surface area contributed by atoms with Gasteiger partial charge in [-0.15, -0.1) is 0 Å². The van der Waals surface area contributed by atoms with E-state index in [9.17, 15) is 18.5 Å². The van der Waals surface area contributed by atoms with E-state index in [1.54, 1.807) is 0 Å². The second kappa shape index (κ2) is 3.95. The molecule has 0 amide bonds. The number of rotatable bonds is 3. The van der Waals surface area contributed by atoms with E-state index in [2.05, 4.69) is 4.72 Å². The van der Waals surface area contributed by atoms with Gasteiger partial charge in [0.1, 0.15) is 0 Å². The summed E-state index contributed by atoms with van der Waals surface area (Å²) in [5.74, 6) is 0. The number of hydrogen-bond donors (Lipinski definition) is 1. The molecule has 0 aliphatic carbocycles. The molecule has 0 radical (unpaired) electrons. The van der Waals surface area contributed by atoms with Gasteiger partial charge in [0, 0.05) is 12.1 Å². The van der Waals surface area contributed by atoms with Crippen molar-refractivity contribution in [1.29, 1.82) is 0 Å². The lowest BCUT2D eigenvalue weighted by Gasteiger charge is -2.05. The van der Waals surface area contributed by atoms with Gasteiger partial charge in [-0.25, -0.2) is 13.1 Å². The number of benzene rings is 1. The fraction of sp³-hybridized carbons (Fsp3) is 0.250. The number of nitro benzene ring substituents is 1. The first-order chi connectivity index (χ1) is 6.88. The number of hydrogen-bond acceptors (Lipinski definition) is 4. The van der Waals surface area contributed by atoms with Gasteiger partial charge in [0.2, 0.25) is 10.0 Å². The third-order valence-corrected chi connectivity index (χ3v) is 3.50. The molecule has 0 aliphatic heterocycles. The SMILES string of the molecule is CNS(=O)(=O)c1ccc([N+](=O)[O-])cc1C. The topological polar surface area (TPSA) is 89.3 Å². The first-order valence-electron chi connectivity index (χ1n) is 4.07. The molecule has 0 fully saturated rings. The Bertz CT molecular complexity index is 495. The largest absolute Gasteiger partial charge is 0.269 e. The number of aryl methyl sites for hydroxylation is 1. The number of nitrogens with zero attached hydrogens (tertiary/aromatic N) is 1. The molecule has 6 nitrogen and oxygen atoms in total. The van der Waals surface area contributed by atoms with E-state index < -0.39 is 14.9 Å². The lowest BCUT2D eigenvalue weighted by molar-refractivity contribution is -0.385. The Morgan fingerprint density at radius 3 is 2.40 bits per heavy atom. The third-order valence-electron chi connectivity index (χ3n) is 1.93. The highest BCUT2D eigenvalue weighted by atomic mass is 32.2. The van der Waals surface area contributed by atoms with Gasteiger partial charge in [-0.1, -0.05) is 0 Å². The van der Waals surface area contributed by atoms with Crippen molar-refractivity contribution in [3.63, 3.8) is 0 Å². The molecule has 0 unspecified atom stereocenters. The van der Waals surface area contributed by atoms with E-state index in [1.165, 1.54) is 26.1 Å². The number of nitrogens with one attached hydrogen (secondary N) is 1. The van der Waals surface area contributed by atoms with E-state index in [-0.39, 0.29) is 10.6 Å². The third kappa shape index (κ3) is 2.31. The summed E-state index contributed by atoms with van der Waals surface area (Å²) in [4.78, 5) is 9.91. The van der Waals surface area contributed by atoms with Crippen molar-refractivity contribution in [2.24, 2.45) is 0 Å². The highest BCUT2D eigenvalue weighted by molar-refractivity contribution is 7.89. The van der Waals surface area contributed by atoms with Crippen molar-refractivity contribution in [2.45, 2.75) is 11.8 Å². The summed E-state index contributed by atoms with van der Waals surface area (Å²) in [6, 6.07) is 3.61. The monoisotopic (exact) mass is 230 g/mol. The molecule has 0 saturated heterocycles. The van der Waals surface area contributed by atoms with Crippen LogP contribution in [0.15, 0.2) is 23.1 Å². The summed E-state index contributed by atoms with van der Waals surface area (Å²) < 4.78 is 25.0. The first kappa shape index (κ1) is 11.6. The number of non-ortho nitro benzene ring substituents is 1. The van der Waals surface area contributed by atoms with Crippen LogP contribution in [0.25, 0.3) is 0 Å². The van der Waals surface area contributed by atoms with Gasteiger partial charge in [-0.3, -0.25) is 10.1 Å². The quantitative estimate of drug-likeness (QED) is 0.614. The van der Waals surface area contributed by atoms with Crippen LogP contribution in [0.5, 0.6) is 0 Å². The van der Waals surface area contributed by atoms with Crippen LogP contribution >= 0.6 is 0 Å². The van der Waals surface area contributed by atoms with E-state index in [0.717, 1.165) is 6.07 Å². The van der Waals surface area contributed by atoms with Crippen molar-refractivity contribution in [3.05, 3.63) is 33.9 Å². The van der Waals surface area contributed by atoms with Crippen LogP contribution < -0.4 is 4.72 Å². The van der Waals surface area contributed by atoms with Gasteiger partial charge >= 0.3 is 0 Å². The molecule has 1 aromatic carbocycles. The van der Waals surface area contributed by atoms with Crippen LogP contribution in [0, 0.1) is 17.0 Å². The smallest absolute Gasteiger partial charge is 0.258 e. The molecule has 0 spiro atoms. The average molecular weight is 230 g/mol. The molecule has 0 saturated carbocycles. The minimum absolute atomic E-state index is 0.0515. The van der Waals surface area contributed by atoms with Gasteiger partial charge in [0.25, 0.3) is 5.69 Å². The van der Waals surface area contributed by atoms with Gasteiger partial charge in [0.05, 0.1) is 9.82 Å². The highest BCUT2D eigenvalue weighted by Crippen LogP contribution is 2.20. The average Bonchev–Trinajstić information content (AvgIpc) is 2.17. The standard InChI is InChI=1S/C8H10N2O4S/c1-6-5-7(10(11)12)3-4-8(6)15(13,14)9-2/h3-5,9H,1-2H3. The lowest BCUT2D eigenvalue weighted by atomic mass is 10.2. The molecular weight excluding hydrogens is 220 g/mol. The van der Waals surface area contributed by atoms with Gasteiger partial charge < -0.3 is 0 Å². The molecule has 0 heterocycles. The summed E-state index contributed by atoms with van der Waals surface area (Å²) in [7, 11) is -2.26. The minimum atomic E-state index is -3.54. The molecule has 0 atom stereocenters. The maximum Gasteiger partial charge on any atom is 0.269 e.